The van der Waals surface area contributed by atoms with Gasteiger partial charge >= 0.3 is 178 Å². The Bertz CT molecular complexity index is 1110. The molecule has 6 nitrogen and oxygen atoms in total. The van der Waals surface area contributed by atoms with Crippen LogP contribution in [0, 0.1) is 0 Å². The van der Waals surface area contributed by atoms with Crippen molar-refractivity contribution in [3.8, 4) is 0 Å². The number of anilines is 2. The maximum atomic E-state index is 13.0. The minimum atomic E-state index is -3.76. The van der Waals surface area contributed by atoms with Crippen LogP contribution in [0.2, 0.25) is 0 Å². The Morgan fingerprint density at radius 3 is 2.25 bits per heavy atom. The average molecular weight is 585 g/mol. The Labute approximate surface area is 177 Å². The molecule has 1 N–H and O–H groups in total. The van der Waals surface area contributed by atoms with Crippen molar-refractivity contribution < 1.29 is 40.9 Å². The fourth-order valence-electron chi connectivity index (χ4n) is 2.95. The number of sulfonamides is 1. The van der Waals surface area contributed by atoms with Crippen LogP contribution in [0.15, 0.2) is 65.6 Å². The van der Waals surface area contributed by atoms with Crippen molar-refractivity contribution in [2.75, 3.05) is 23.7 Å². The zero-order valence-electron chi connectivity index (χ0n) is 16.0. The van der Waals surface area contributed by atoms with Gasteiger partial charge in [0.2, 0.25) is 0 Å². The summed E-state index contributed by atoms with van der Waals surface area (Å²) in [6.45, 7) is 1.40. The Morgan fingerprint density at radius 1 is 0.964 bits per heavy atom. The number of nitrogens with one attached hydrogen (secondary N) is 1. The van der Waals surface area contributed by atoms with Gasteiger partial charge in [0, 0.05) is 0 Å². The van der Waals surface area contributed by atoms with Crippen LogP contribution in [0.3, 0.4) is 0 Å². The standard InChI is InChI=1S/C18H17N2O2S.C2H4O2.Hg/c1-20(2)17-12-6-11-16-15(17)10-7-13-18(16)23(21,22)19-14-8-4-3-5-9-14;1-2(3)4;/h4-13,19H,1-2H3;1H3,(H,3,4);/q;;+1/p-1. The van der Waals surface area contributed by atoms with Crippen molar-refractivity contribution in [2.45, 2.75) is 11.8 Å². The average Bonchev–Trinajstić information content (AvgIpc) is 2.66. The Hall–Kier alpha value is -2.12. The SMILES string of the molecule is CC(=O)[O][Hg][c]1ccc(NS(=O)(=O)c2cccc3c(N(C)C)cccc23)cc1. The number of carbonyl (C=O) groups excluding carboxylic acids is 1. The fourth-order valence-corrected chi connectivity index (χ4v) is 7.34. The van der Waals surface area contributed by atoms with Crippen LogP contribution in [-0.2, 0) is 42.5 Å². The normalized spacial score (nSPS) is 11.0. The molecule has 0 aliphatic rings. The summed E-state index contributed by atoms with van der Waals surface area (Å²) in [7, 11) is 0.0982. The number of carbonyl (C=O) groups is 1. The third-order valence-corrected chi connectivity index (χ3v) is 11.0. The predicted octanol–water partition coefficient (Wildman–Crippen LogP) is 2.89. The number of nitrogens with zero attached hydrogens (tertiary/aromatic N) is 1. The molecule has 0 unspecified atom stereocenters. The van der Waals surface area contributed by atoms with Crippen molar-refractivity contribution in [3.63, 3.8) is 0 Å². The molecule has 0 aliphatic heterocycles. The van der Waals surface area contributed by atoms with E-state index in [4.69, 9.17) is 2.64 Å². The first-order valence-corrected chi connectivity index (χ1v) is 15.2. The monoisotopic (exact) mass is 586 g/mol. The number of hydrogen-bond donors (Lipinski definition) is 1. The van der Waals surface area contributed by atoms with E-state index >= 15 is 0 Å². The van der Waals surface area contributed by atoms with Gasteiger partial charge in [-0.05, 0) is 0 Å². The van der Waals surface area contributed by atoms with E-state index in [-0.39, 0.29) is 10.9 Å². The van der Waals surface area contributed by atoms with Crippen molar-refractivity contribution in [1.29, 1.82) is 0 Å². The van der Waals surface area contributed by atoms with Crippen molar-refractivity contribution in [3.05, 3.63) is 60.7 Å². The van der Waals surface area contributed by atoms with E-state index < -0.39 is 35.1 Å². The van der Waals surface area contributed by atoms with Gasteiger partial charge in [0.1, 0.15) is 0 Å². The van der Waals surface area contributed by atoms with E-state index in [0.717, 1.165) is 14.1 Å². The van der Waals surface area contributed by atoms with Crippen LogP contribution in [0.1, 0.15) is 6.92 Å². The van der Waals surface area contributed by atoms with Crippen molar-refractivity contribution in [2.24, 2.45) is 0 Å². The number of fused-ring (bicyclic) bond motifs is 1. The first-order chi connectivity index (χ1) is 13.3. The maximum absolute atomic E-state index is 13.0. The van der Waals surface area contributed by atoms with Crippen LogP contribution in [0.5, 0.6) is 0 Å². The van der Waals surface area contributed by atoms with Gasteiger partial charge in [-0.1, -0.05) is 0 Å². The molecule has 3 rings (SSSR count). The molecule has 0 aliphatic carbocycles. The summed E-state index contributed by atoms with van der Waals surface area (Å²) in [5.41, 5.74) is 1.43. The second kappa shape index (κ2) is 8.49. The Kier molecular flexibility index (Phi) is 6.25. The second-order valence-corrected chi connectivity index (χ2v) is 13.7. The molecule has 8 heteroatoms. The van der Waals surface area contributed by atoms with E-state index in [0.29, 0.717) is 11.1 Å². The van der Waals surface area contributed by atoms with Gasteiger partial charge in [-0.25, -0.2) is 0 Å². The summed E-state index contributed by atoms with van der Waals surface area (Å²) in [6.07, 6.45) is 0. The summed E-state index contributed by atoms with van der Waals surface area (Å²) < 4.78 is 34.8. The van der Waals surface area contributed by atoms with E-state index in [2.05, 4.69) is 4.72 Å². The third kappa shape index (κ3) is 4.64. The van der Waals surface area contributed by atoms with Crippen LogP contribution >= 0.6 is 0 Å². The molecule has 0 bridgehead atoms. The zero-order valence-corrected chi connectivity index (χ0v) is 22.3. The van der Waals surface area contributed by atoms with Crippen LogP contribution in [0.25, 0.3) is 10.8 Å². The van der Waals surface area contributed by atoms with Gasteiger partial charge in [0.05, 0.1) is 0 Å². The molecule has 0 aromatic heterocycles. The molecular weight excluding hydrogens is 565 g/mol. The number of rotatable bonds is 6. The van der Waals surface area contributed by atoms with E-state index in [1.807, 2.05) is 55.4 Å². The van der Waals surface area contributed by atoms with E-state index in [1.165, 1.54) is 6.92 Å². The third-order valence-electron chi connectivity index (χ3n) is 4.28. The van der Waals surface area contributed by atoms with E-state index in [1.54, 1.807) is 24.3 Å². The molecule has 0 saturated heterocycles. The molecule has 0 saturated carbocycles. The summed E-state index contributed by atoms with van der Waals surface area (Å²) in [5.74, 6) is -0.264. The van der Waals surface area contributed by atoms with Gasteiger partial charge in [-0.3, -0.25) is 0 Å². The Balaban J connectivity index is 1.91. The van der Waals surface area contributed by atoms with Gasteiger partial charge in [0.25, 0.3) is 0 Å². The van der Waals surface area contributed by atoms with Crippen molar-refractivity contribution in [1.82, 2.24) is 0 Å². The van der Waals surface area contributed by atoms with Gasteiger partial charge in [-0.15, -0.1) is 0 Å². The molecule has 0 amide bonds. The summed E-state index contributed by atoms with van der Waals surface area (Å²) in [5, 5.41) is 1.55. The molecule has 3 aromatic rings. The Morgan fingerprint density at radius 2 is 1.61 bits per heavy atom. The van der Waals surface area contributed by atoms with Gasteiger partial charge in [0.15, 0.2) is 0 Å². The molecule has 0 atom stereocenters. The van der Waals surface area contributed by atoms with Crippen LogP contribution in [-0.4, -0.2) is 28.5 Å². The van der Waals surface area contributed by atoms with Crippen molar-refractivity contribution >= 4 is 41.2 Å². The van der Waals surface area contributed by atoms with Gasteiger partial charge < -0.3 is 0 Å². The topological polar surface area (TPSA) is 75.7 Å². The molecular formula is C20H20HgN2O4S. The first kappa shape index (κ1) is 20.6. The number of benzene rings is 3. The summed E-state index contributed by atoms with van der Waals surface area (Å²) in [6, 6.07) is 17.9. The summed E-state index contributed by atoms with van der Waals surface area (Å²) in [4.78, 5) is 13.1. The fraction of sp³-hybridized carbons (Fsp3) is 0.150. The van der Waals surface area contributed by atoms with Crippen LogP contribution in [0.4, 0.5) is 11.4 Å². The second-order valence-electron chi connectivity index (χ2n) is 6.61. The minimum absolute atomic E-state index is 0.234. The molecule has 142 valence electrons. The summed E-state index contributed by atoms with van der Waals surface area (Å²) >= 11 is -1.91. The zero-order chi connectivity index (χ0) is 20.3. The molecule has 3 aromatic carbocycles. The molecule has 0 heterocycles. The molecule has 28 heavy (non-hydrogen) atoms. The number of hydrogen-bond acceptors (Lipinski definition) is 5. The first-order valence-electron chi connectivity index (χ1n) is 8.72. The molecule has 0 radical (unpaired) electrons. The van der Waals surface area contributed by atoms with E-state index in [9.17, 15) is 13.2 Å². The molecule has 0 fully saturated rings. The van der Waals surface area contributed by atoms with Gasteiger partial charge in [-0.2, -0.15) is 0 Å². The quantitative estimate of drug-likeness (QED) is 0.451. The molecule has 0 spiro atoms. The van der Waals surface area contributed by atoms with Crippen LogP contribution < -0.4 is 12.7 Å². The predicted molar refractivity (Wildman–Crippen MR) is 107 cm³/mol.